The second-order valence-corrected chi connectivity index (χ2v) is 3.80. The predicted octanol–water partition coefficient (Wildman–Crippen LogP) is 0.772. The minimum absolute atomic E-state index is 0.153. The van der Waals surface area contributed by atoms with E-state index in [1.807, 2.05) is 0 Å². The van der Waals surface area contributed by atoms with E-state index in [9.17, 15) is 5.11 Å². The van der Waals surface area contributed by atoms with Gasteiger partial charge in [0.05, 0.1) is 25.4 Å². The fourth-order valence-corrected chi connectivity index (χ4v) is 1.63. The van der Waals surface area contributed by atoms with Crippen LogP contribution in [0.3, 0.4) is 0 Å². The molecule has 0 saturated carbocycles. The van der Waals surface area contributed by atoms with Gasteiger partial charge in [-0.2, -0.15) is 0 Å². The van der Waals surface area contributed by atoms with Gasteiger partial charge < -0.3 is 15.2 Å². The van der Waals surface area contributed by atoms with Gasteiger partial charge in [0.25, 0.3) is 0 Å². The van der Waals surface area contributed by atoms with Gasteiger partial charge in [-0.05, 0) is 12.5 Å². The van der Waals surface area contributed by atoms with Crippen LogP contribution >= 0.6 is 0 Å². The fourth-order valence-electron chi connectivity index (χ4n) is 1.63. The van der Waals surface area contributed by atoms with E-state index in [0.29, 0.717) is 13.2 Å². The SMILES string of the molecule is CCC(CC)CNC1COCC1O. The maximum Gasteiger partial charge on any atom is 0.0948 e. The third-order valence-corrected chi connectivity index (χ3v) is 2.87. The summed E-state index contributed by atoms with van der Waals surface area (Å²) in [5.41, 5.74) is 0. The van der Waals surface area contributed by atoms with Crippen molar-refractivity contribution in [3.05, 3.63) is 0 Å². The third kappa shape index (κ3) is 3.25. The molecule has 1 saturated heterocycles. The van der Waals surface area contributed by atoms with Gasteiger partial charge in [-0.25, -0.2) is 0 Å². The molecule has 1 heterocycles. The molecule has 0 aromatic rings. The molecule has 2 N–H and O–H groups in total. The summed E-state index contributed by atoms with van der Waals surface area (Å²) in [5, 5.41) is 12.8. The highest BCUT2D eigenvalue weighted by Gasteiger charge is 2.25. The number of aliphatic hydroxyl groups excluding tert-OH is 1. The molecular weight excluding hydrogens is 166 g/mol. The Balaban J connectivity index is 2.17. The Bertz CT molecular complexity index is 137. The molecule has 0 aliphatic carbocycles. The van der Waals surface area contributed by atoms with Crippen molar-refractivity contribution in [2.45, 2.75) is 38.8 Å². The van der Waals surface area contributed by atoms with Crippen LogP contribution in [0.25, 0.3) is 0 Å². The first-order chi connectivity index (χ1) is 6.27. The first-order valence-electron chi connectivity index (χ1n) is 5.27. The van der Waals surface area contributed by atoms with Gasteiger partial charge in [0, 0.05) is 0 Å². The van der Waals surface area contributed by atoms with E-state index in [2.05, 4.69) is 19.2 Å². The van der Waals surface area contributed by atoms with Crippen LogP contribution in [0.15, 0.2) is 0 Å². The van der Waals surface area contributed by atoms with E-state index < -0.39 is 0 Å². The highest BCUT2D eigenvalue weighted by Crippen LogP contribution is 2.09. The Morgan fingerprint density at radius 2 is 2.08 bits per heavy atom. The molecular formula is C10H21NO2. The lowest BCUT2D eigenvalue weighted by Gasteiger charge is -2.18. The van der Waals surface area contributed by atoms with E-state index in [-0.39, 0.29) is 12.1 Å². The van der Waals surface area contributed by atoms with Gasteiger partial charge in [-0.15, -0.1) is 0 Å². The van der Waals surface area contributed by atoms with E-state index in [4.69, 9.17) is 4.74 Å². The smallest absolute Gasteiger partial charge is 0.0948 e. The van der Waals surface area contributed by atoms with Crippen molar-refractivity contribution in [3.63, 3.8) is 0 Å². The Morgan fingerprint density at radius 3 is 2.54 bits per heavy atom. The summed E-state index contributed by atoms with van der Waals surface area (Å²) in [6.07, 6.45) is 2.09. The molecule has 0 aromatic carbocycles. The number of aliphatic hydroxyl groups is 1. The van der Waals surface area contributed by atoms with Crippen molar-refractivity contribution in [1.82, 2.24) is 5.32 Å². The molecule has 0 aromatic heterocycles. The maximum atomic E-state index is 9.46. The molecule has 3 nitrogen and oxygen atoms in total. The molecule has 13 heavy (non-hydrogen) atoms. The lowest BCUT2D eigenvalue weighted by molar-refractivity contribution is 0.122. The monoisotopic (exact) mass is 187 g/mol. The topological polar surface area (TPSA) is 41.5 Å². The number of nitrogens with one attached hydrogen (secondary N) is 1. The summed E-state index contributed by atoms with van der Waals surface area (Å²) < 4.78 is 5.16. The Hall–Kier alpha value is -0.120. The van der Waals surface area contributed by atoms with Crippen LogP contribution in [0.2, 0.25) is 0 Å². The van der Waals surface area contributed by atoms with Gasteiger partial charge in [-0.1, -0.05) is 26.7 Å². The summed E-state index contributed by atoms with van der Waals surface area (Å²) in [6, 6.07) is 0.153. The zero-order valence-corrected chi connectivity index (χ0v) is 8.62. The molecule has 1 aliphatic rings. The van der Waals surface area contributed by atoms with Crippen molar-refractivity contribution in [2.75, 3.05) is 19.8 Å². The summed E-state index contributed by atoms with van der Waals surface area (Å²) >= 11 is 0. The summed E-state index contributed by atoms with van der Waals surface area (Å²) in [6.45, 7) is 6.55. The first kappa shape index (κ1) is 11.0. The largest absolute Gasteiger partial charge is 0.389 e. The van der Waals surface area contributed by atoms with Gasteiger partial charge in [0.2, 0.25) is 0 Å². The minimum atomic E-state index is -0.311. The number of hydrogen-bond donors (Lipinski definition) is 2. The molecule has 1 rings (SSSR count). The van der Waals surface area contributed by atoms with Crippen LogP contribution in [0.5, 0.6) is 0 Å². The van der Waals surface area contributed by atoms with Crippen molar-refractivity contribution in [1.29, 1.82) is 0 Å². The number of hydrogen-bond acceptors (Lipinski definition) is 3. The van der Waals surface area contributed by atoms with Gasteiger partial charge >= 0.3 is 0 Å². The van der Waals surface area contributed by atoms with Gasteiger partial charge in [0.15, 0.2) is 0 Å². The number of rotatable bonds is 5. The van der Waals surface area contributed by atoms with E-state index >= 15 is 0 Å². The zero-order valence-electron chi connectivity index (χ0n) is 8.62. The lowest BCUT2D eigenvalue weighted by atomic mass is 10.0. The molecule has 3 heteroatoms. The Kier molecular flexibility index (Phi) is 4.70. The predicted molar refractivity (Wildman–Crippen MR) is 52.7 cm³/mol. The molecule has 0 spiro atoms. The lowest BCUT2D eigenvalue weighted by Crippen LogP contribution is -2.41. The van der Waals surface area contributed by atoms with Crippen molar-refractivity contribution >= 4 is 0 Å². The van der Waals surface area contributed by atoms with E-state index in [0.717, 1.165) is 12.5 Å². The highest BCUT2D eigenvalue weighted by molar-refractivity contribution is 4.81. The molecule has 0 bridgehead atoms. The molecule has 2 unspecified atom stereocenters. The first-order valence-corrected chi connectivity index (χ1v) is 5.27. The minimum Gasteiger partial charge on any atom is -0.389 e. The third-order valence-electron chi connectivity index (χ3n) is 2.87. The maximum absolute atomic E-state index is 9.46. The van der Waals surface area contributed by atoms with Crippen LogP contribution in [0.1, 0.15) is 26.7 Å². The molecule has 1 fully saturated rings. The van der Waals surface area contributed by atoms with Crippen LogP contribution < -0.4 is 5.32 Å². The fraction of sp³-hybridized carbons (Fsp3) is 1.00. The van der Waals surface area contributed by atoms with Crippen LogP contribution in [0.4, 0.5) is 0 Å². The van der Waals surface area contributed by atoms with Crippen molar-refractivity contribution in [2.24, 2.45) is 5.92 Å². The van der Waals surface area contributed by atoms with E-state index in [1.54, 1.807) is 0 Å². The second kappa shape index (κ2) is 5.58. The van der Waals surface area contributed by atoms with Crippen LogP contribution in [-0.2, 0) is 4.74 Å². The highest BCUT2D eigenvalue weighted by atomic mass is 16.5. The van der Waals surface area contributed by atoms with Gasteiger partial charge in [0.1, 0.15) is 0 Å². The Morgan fingerprint density at radius 1 is 1.38 bits per heavy atom. The molecule has 0 amide bonds. The number of ether oxygens (including phenoxy) is 1. The Labute approximate surface area is 80.5 Å². The summed E-state index contributed by atoms with van der Waals surface area (Å²) in [4.78, 5) is 0. The zero-order chi connectivity index (χ0) is 9.68. The van der Waals surface area contributed by atoms with E-state index in [1.165, 1.54) is 12.8 Å². The molecule has 0 radical (unpaired) electrons. The average molecular weight is 187 g/mol. The molecule has 78 valence electrons. The molecule has 2 atom stereocenters. The average Bonchev–Trinajstić information content (AvgIpc) is 2.54. The quantitative estimate of drug-likeness (QED) is 0.668. The van der Waals surface area contributed by atoms with Crippen molar-refractivity contribution in [3.8, 4) is 0 Å². The second-order valence-electron chi connectivity index (χ2n) is 3.80. The van der Waals surface area contributed by atoms with Gasteiger partial charge in [-0.3, -0.25) is 0 Å². The normalized spacial score (nSPS) is 28.6. The van der Waals surface area contributed by atoms with Crippen LogP contribution in [-0.4, -0.2) is 37.0 Å². The van der Waals surface area contributed by atoms with Crippen molar-refractivity contribution < 1.29 is 9.84 Å². The summed E-state index contributed by atoms with van der Waals surface area (Å²) in [5.74, 6) is 0.729. The van der Waals surface area contributed by atoms with Crippen LogP contribution in [0, 0.1) is 5.92 Å². The summed E-state index contributed by atoms with van der Waals surface area (Å²) in [7, 11) is 0. The molecule has 1 aliphatic heterocycles. The standard InChI is InChI=1S/C10H21NO2/c1-3-8(4-2)5-11-9-6-13-7-10(9)12/h8-12H,3-7H2,1-2H3.